The summed E-state index contributed by atoms with van der Waals surface area (Å²) in [6.07, 6.45) is 4.06. The number of hydrogen-bond acceptors (Lipinski definition) is 11. The highest BCUT2D eigenvalue weighted by molar-refractivity contribution is 5.98. The molecule has 1 unspecified atom stereocenters. The van der Waals surface area contributed by atoms with Gasteiger partial charge in [0.05, 0.1) is 12.4 Å². The van der Waals surface area contributed by atoms with Crippen LogP contribution in [-0.2, 0) is 52.8 Å². The highest BCUT2D eigenvalue weighted by Crippen LogP contribution is 2.21. The number of hydrogen-bond donors (Lipinski definition) is 11. The molecule has 6 amide bonds. The molecule has 3 aromatic rings. The van der Waals surface area contributed by atoms with Crippen LogP contribution in [-0.4, -0.2) is 128 Å². The number of likely N-dealkylation sites (tertiary alicyclic amines) is 1. The number of rotatable bonds is 25. The number of nitrogens with zero attached hydrogens (tertiary/aromatic N) is 3. The Bertz CT molecular complexity index is 2130. The van der Waals surface area contributed by atoms with Crippen molar-refractivity contribution in [3.8, 4) is 5.75 Å². The molecule has 0 bridgehead atoms. The number of guanidine groups is 1. The molecule has 1 saturated heterocycles. The monoisotopic (exact) mass is 916 g/mol. The van der Waals surface area contributed by atoms with Gasteiger partial charge in [-0.2, -0.15) is 0 Å². The summed E-state index contributed by atoms with van der Waals surface area (Å²) in [6.45, 7) is 7.39. The van der Waals surface area contributed by atoms with Crippen molar-refractivity contribution in [1.29, 1.82) is 0 Å². The van der Waals surface area contributed by atoms with Crippen LogP contribution in [0.4, 0.5) is 0 Å². The second kappa shape index (κ2) is 24.9. The Kier molecular flexibility index (Phi) is 19.4. The van der Waals surface area contributed by atoms with Crippen molar-refractivity contribution in [3.63, 3.8) is 0 Å². The number of amides is 6. The molecule has 0 aliphatic carbocycles. The van der Waals surface area contributed by atoms with E-state index in [1.54, 1.807) is 63.2 Å². The zero-order chi connectivity index (χ0) is 48.5. The van der Waals surface area contributed by atoms with Crippen molar-refractivity contribution in [2.75, 3.05) is 13.1 Å². The number of H-pyrrole nitrogens is 1. The summed E-state index contributed by atoms with van der Waals surface area (Å²) in [5, 5.41) is 33.4. The molecule has 0 spiro atoms. The smallest absolute Gasteiger partial charge is 0.326 e. The second-order valence-electron chi connectivity index (χ2n) is 16.9. The normalized spacial score (nSPS) is 16.5. The minimum atomic E-state index is -1.30. The van der Waals surface area contributed by atoms with Gasteiger partial charge >= 0.3 is 5.97 Å². The van der Waals surface area contributed by atoms with E-state index in [0.717, 1.165) is 0 Å². The van der Waals surface area contributed by atoms with Crippen LogP contribution in [0.1, 0.15) is 70.2 Å². The molecule has 21 heteroatoms. The maximum Gasteiger partial charge on any atom is 0.326 e. The van der Waals surface area contributed by atoms with Gasteiger partial charge in [-0.05, 0) is 54.4 Å². The summed E-state index contributed by atoms with van der Waals surface area (Å²) in [5.41, 5.74) is 18.6. The Labute approximate surface area is 383 Å². The first kappa shape index (κ1) is 51.6. The van der Waals surface area contributed by atoms with E-state index in [4.69, 9.17) is 17.2 Å². The number of aliphatic imine (C=N–C) groups is 1. The molecule has 0 saturated carbocycles. The molecule has 4 rings (SSSR count). The summed E-state index contributed by atoms with van der Waals surface area (Å²) in [7, 11) is 0. The van der Waals surface area contributed by atoms with E-state index < -0.39 is 95.5 Å². The van der Waals surface area contributed by atoms with Crippen LogP contribution in [0.5, 0.6) is 5.75 Å². The van der Waals surface area contributed by atoms with Crippen molar-refractivity contribution >= 4 is 47.4 Å². The Morgan fingerprint density at radius 2 is 1.42 bits per heavy atom. The predicted octanol–water partition coefficient (Wildman–Crippen LogP) is -0.664. The number of imidazole rings is 1. The number of aromatic hydroxyl groups is 1. The molecule has 2 aromatic carbocycles. The molecule has 2 heterocycles. The molecule has 21 nitrogen and oxygen atoms in total. The number of aromatic nitrogens is 2. The third-order valence-electron chi connectivity index (χ3n) is 11.4. The lowest BCUT2D eigenvalue weighted by molar-refractivity contribution is -0.151. The molecule has 1 fully saturated rings. The number of benzene rings is 2. The summed E-state index contributed by atoms with van der Waals surface area (Å²) >= 11 is 0. The number of nitrogens with one attached hydrogen (secondary N) is 6. The standard InChI is InChI=1S/C45H64N12O9/c1-5-26(4)37(56-39(60)32(20-28-13-15-30(58)16-14-28)52-41(62)36(25(2)3)55-38(59)31(46)12-9-18-50-45(47)48)42(63)53-33(22-29-23-49-24-51-29)43(64)57-19-17-35(57)40(61)54-34(44(65)66)21-27-10-7-6-8-11-27/h6-8,10-11,13-16,23-26,31-37,58H,5,9,12,17-22,46H2,1-4H3,(H,49,51)(H,52,62)(H,53,63)(H,54,61)(H,55,59)(H,56,60)(H,65,66)(H4,47,48,50)/t26-,31-,32-,33-,34-,35?,36-,37-/m0/s1. The maximum absolute atomic E-state index is 14.4. The number of phenolic OH excluding ortho intramolecular Hbond substituents is 1. The van der Waals surface area contributed by atoms with Crippen LogP contribution in [0.2, 0.25) is 0 Å². The molecule has 1 aliphatic heterocycles. The van der Waals surface area contributed by atoms with E-state index in [9.17, 15) is 43.8 Å². The van der Waals surface area contributed by atoms with Crippen molar-refractivity contribution in [3.05, 3.63) is 83.9 Å². The number of aromatic amines is 1. The largest absolute Gasteiger partial charge is 0.508 e. The number of carbonyl (C=O) groups excluding carboxylic acids is 6. The molecule has 358 valence electrons. The summed E-state index contributed by atoms with van der Waals surface area (Å²) in [5.74, 6) is -6.33. The van der Waals surface area contributed by atoms with Gasteiger partial charge in [0.2, 0.25) is 35.4 Å². The lowest BCUT2D eigenvalue weighted by Crippen LogP contribution is -2.65. The van der Waals surface area contributed by atoms with E-state index in [-0.39, 0.29) is 56.9 Å². The fourth-order valence-electron chi connectivity index (χ4n) is 7.26. The fraction of sp³-hybridized carbons (Fsp3) is 0.489. The zero-order valence-corrected chi connectivity index (χ0v) is 37.7. The third kappa shape index (κ3) is 15.3. The number of phenols is 1. The van der Waals surface area contributed by atoms with Crippen LogP contribution in [0, 0.1) is 11.8 Å². The van der Waals surface area contributed by atoms with Gasteiger partial charge in [-0.3, -0.25) is 33.8 Å². The van der Waals surface area contributed by atoms with Gasteiger partial charge in [0.1, 0.15) is 42.0 Å². The molecule has 14 N–H and O–H groups in total. The number of carbonyl (C=O) groups is 7. The summed E-state index contributed by atoms with van der Waals surface area (Å²) in [4.78, 5) is 108. The number of carboxylic acids is 1. The Morgan fingerprint density at radius 1 is 0.803 bits per heavy atom. The Morgan fingerprint density at radius 3 is 2.00 bits per heavy atom. The van der Waals surface area contributed by atoms with Gasteiger partial charge in [0.25, 0.3) is 0 Å². The van der Waals surface area contributed by atoms with E-state index >= 15 is 0 Å². The van der Waals surface area contributed by atoms with Crippen molar-refractivity contribution in [2.24, 2.45) is 34.0 Å². The van der Waals surface area contributed by atoms with Gasteiger partial charge in [-0.15, -0.1) is 0 Å². The minimum absolute atomic E-state index is 0.0218. The lowest BCUT2D eigenvalue weighted by Gasteiger charge is -2.42. The van der Waals surface area contributed by atoms with Gasteiger partial charge in [-0.1, -0.05) is 76.6 Å². The molecule has 0 radical (unpaired) electrons. The number of carboxylic acid groups (broad SMARTS) is 1. The molecular formula is C45H64N12O9. The van der Waals surface area contributed by atoms with Crippen LogP contribution in [0.15, 0.2) is 72.1 Å². The number of nitrogens with two attached hydrogens (primary N) is 3. The third-order valence-corrected chi connectivity index (χ3v) is 11.4. The predicted molar refractivity (Wildman–Crippen MR) is 244 cm³/mol. The van der Waals surface area contributed by atoms with Crippen molar-refractivity contribution < 1.29 is 43.8 Å². The van der Waals surface area contributed by atoms with E-state index in [1.807, 2.05) is 6.92 Å². The molecule has 66 heavy (non-hydrogen) atoms. The molecule has 1 aromatic heterocycles. The maximum atomic E-state index is 14.4. The van der Waals surface area contributed by atoms with E-state index in [1.165, 1.54) is 29.6 Å². The van der Waals surface area contributed by atoms with Crippen molar-refractivity contribution in [2.45, 2.75) is 115 Å². The Hall–Kier alpha value is -7.03. The Balaban J connectivity index is 1.53. The topological polar surface area (TPSA) is 342 Å². The highest BCUT2D eigenvalue weighted by Gasteiger charge is 2.43. The van der Waals surface area contributed by atoms with E-state index in [0.29, 0.717) is 29.7 Å². The second-order valence-corrected chi connectivity index (χ2v) is 16.9. The first-order chi connectivity index (χ1) is 31.4. The molecular weight excluding hydrogens is 853 g/mol. The highest BCUT2D eigenvalue weighted by atomic mass is 16.4. The minimum Gasteiger partial charge on any atom is -0.508 e. The SMILES string of the molecule is CC[C@H](C)[C@H](NC(=O)[C@H](Cc1ccc(O)cc1)NC(=O)[C@@H](NC(=O)[C@@H](N)CCCN=C(N)N)C(C)C)C(=O)N[C@@H](Cc1cnc[nH]1)C(=O)N1CCC1C(=O)N[C@@H](Cc1ccccc1)C(=O)O. The van der Waals surface area contributed by atoms with E-state index in [2.05, 4.69) is 41.5 Å². The average molecular weight is 917 g/mol. The lowest BCUT2D eigenvalue weighted by atomic mass is 9.95. The molecule has 1 aliphatic rings. The van der Waals surface area contributed by atoms with Gasteiger partial charge in [0.15, 0.2) is 5.96 Å². The van der Waals surface area contributed by atoms with Crippen LogP contribution in [0.25, 0.3) is 0 Å². The van der Waals surface area contributed by atoms with Gasteiger partial charge < -0.3 is 63.9 Å². The van der Waals surface area contributed by atoms with Gasteiger partial charge in [0, 0.05) is 44.2 Å². The first-order valence-corrected chi connectivity index (χ1v) is 22.0. The van der Waals surface area contributed by atoms with Crippen LogP contribution >= 0.6 is 0 Å². The first-order valence-electron chi connectivity index (χ1n) is 22.0. The fourth-order valence-corrected chi connectivity index (χ4v) is 7.26. The van der Waals surface area contributed by atoms with Crippen molar-refractivity contribution in [1.82, 2.24) is 41.5 Å². The number of aliphatic carboxylic acids is 1. The zero-order valence-electron chi connectivity index (χ0n) is 37.7. The van der Waals surface area contributed by atoms with Crippen LogP contribution < -0.4 is 43.8 Å². The van der Waals surface area contributed by atoms with Gasteiger partial charge in [-0.25, -0.2) is 9.78 Å². The summed E-state index contributed by atoms with van der Waals surface area (Å²) in [6, 6.07) is 6.64. The quantitative estimate of drug-likeness (QED) is 0.0286. The average Bonchev–Trinajstić information content (AvgIpc) is 3.78. The summed E-state index contributed by atoms with van der Waals surface area (Å²) < 4.78 is 0. The molecule has 8 atom stereocenters. The van der Waals surface area contributed by atoms with Crippen LogP contribution in [0.3, 0.4) is 0 Å².